The Morgan fingerprint density at radius 2 is 1.79 bits per heavy atom. The van der Waals surface area contributed by atoms with Gasteiger partial charge in [0.25, 0.3) is 0 Å². The third-order valence-electron chi connectivity index (χ3n) is 4.56. The van der Waals surface area contributed by atoms with Crippen molar-refractivity contribution in [1.82, 2.24) is 10.3 Å². The van der Waals surface area contributed by atoms with Gasteiger partial charge in [0.1, 0.15) is 23.2 Å². The lowest BCUT2D eigenvalue weighted by Gasteiger charge is -2.05. The third-order valence-corrected chi connectivity index (χ3v) is 5.39. The van der Waals surface area contributed by atoms with Gasteiger partial charge in [0.15, 0.2) is 18.1 Å². The summed E-state index contributed by atoms with van der Waals surface area (Å²) in [6.45, 7) is 1.81. The largest absolute Gasteiger partial charge is 0.486 e. The van der Waals surface area contributed by atoms with Crippen LogP contribution in [0.5, 0.6) is 5.75 Å². The maximum atomic E-state index is 12.9. The molecule has 7 nitrogen and oxygen atoms in total. The number of hydrogen-bond donors (Lipinski definition) is 1. The number of benzene rings is 2. The Morgan fingerprint density at radius 3 is 2.48 bits per heavy atom. The summed E-state index contributed by atoms with van der Waals surface area (Å²) in [5.74, 6) is -0.936. The van der Waals surface area contributed by atoms with Crippen LogP contribution in [-0.2, 0) is 22.6 Å². The number of thiazole rings is 1. The van der Waals surface area contributed by atoms with Gasteiger partial charge in [-0.05, 0) is 42.7 Å². The van der Waals surface area contributed by atoms with Gasteiger partial charge in [-0.3, -0.25) is 9.59 Å². The Balaban J connectivity index is 1.43. The molecule has 0 atom stereocenters. The Bertz CT molecular complexity index is 1100. The second-order valence-corrected chi connectivity index (χ2v) is 8.09. The van der Waals surface area contributed by atoms with Crippen molar-refractivity contribution in [2.24, 2.45) is 0 Å². The molecule has 1 amide bonds. The highest BCUT2D eigenvalue weighted by molar-refractivity contribution is 7.09. The third kappa shape index (κ3) is 7.80. The van der Waals surface area contributed by atoms with Gasteiger partial charge in [0.2, 0.25) is 5.91 Å². The van der Waals surface area contributed by atoms with Crippen molar-refractivity contribution in [2.45, 2.75) is 26.4 Å². The molecule has 9 heteroatoms. The van der Waals surface area contributed by atoms with E-state index < -0.39 is 5.97 Å². The zero-order valence-electron chi connectivity index (χ0n) is 18.0. The highest BCUT2D eigenvalue weighted by Gasteiger charge is 2.15. The van der Waals surface area contributed by atoms with Gasteiger partial charge >= 0.3 is 5.97 Å². The normalized spacial score (nSPS) is 10.5. The molecule has 0 aliphatic carbocycles. The number of ether oxygens (including phenoxy) is 2. The molecule has 33 heavy (non-hydrogen) atoms. The zero-order chi connectivity index (χ0) is 23.6. The first kappa shape index (κ1) is 24.1. The predicted molar refractivity (Wildman–Crippen MR) is 121 cm³/mol. The first-order chi connectivity index (χ1) is 15.9. The number of carbonyl (C=O) groups is 3. The summed E-state index contributed by atoms with van der Waals surface area (Å²) in [6, 6.07) is 12.7. The quantitative estimate of drug-likeness (QED) is 0.259. The lowest BCUT2D eigenvalue weighted by Crippen LogP contribution is -2.21. The van der Waals surface area contributed by atoms with E-state index in [4.69, 9.17) is 9.47 Å². The topological polar surface area (TPSA) is 94.6 Å². The molecule has 1 N–H and O–H groups in total. The second-order valence-electron chi connectivity index (χ2n) is 7.15. The van der Waals surface area contributed by atoms with Crippen molar-refractivity contribution >= 4 is 29.0 Å². The van der Waals surface area contributed by atoms with Crippen LogP contribution in [0, 0.1) is 5.82 Å². The number of Topliss-reactive ketones (excluding diaryl/α,β-unsaturated/α-hetero) is 1. The summed E-state index contributed by atoms with van der Waals surface area (Å²) < 4.78 is 23.5. The SMILES string of the molecule is CC(=O)NCCCc1ccc(C(=O)COC(=O)c2csc(COc3ccc(F)cc3)n2)cc1. The van der Waals surface area contributed by atoms with E-state index in [0.29, 0.717) is 22.9 Å². The number of ketones is 1. The predicted octanol–water partition coefficient (Wildman–Crippen LogP) is 3.97. The summed E-state index contributed by atoms with van der Waals surface area (Å²) >= 11 is 1.22. The Morgan fingerprint density at radius 1 is 1.06 bits per heavy atom. The Kier molecular flexibility index (Phi) is 8.65. The monoisotopic (exact) mass is 470 g/mol. The molecule has 3 rings (SSSR count). The first-order valence-electron chi connectivity index (χ1n) is 10.3. The lowest BCUT2D eigenvalue weighted by molar-refractivity contribution is -0.118. The molecule has 172 valence electrons. The number of halogens is 1. The van der Waals surface area contributed by atoms with Crippen molar-refractivity contribution in [3.8, 4) is 5.75 Å². The van der Waals surface area contributed by atoms with Crippen LogP contribution in [-0.4, -0.2) is 35.8 Å². The van der Waals surface area contributed by atoms with E-state index in [-0.39, 0.29) is 36.4 Å². The van der Waals surface area contributed by atoms with Crippen molar-refractivity contribution in [3.63, 3.8) is 0 Å². The average Bonchev–Trinajstić information content (AvgIpc) is 3.29. The summed E-state index contributed by atoms with van der Waals surface area (Å²) in [4.78, 5) is 39.6. The fourth-order valence-electron chi connectivity index (χ4n) is 2.85. The van der Waals surface area contributed by atoms with E-state index in [1.165, 1.54) is 47.9 Å². The minimum atomic E-state index is -0.692. The molecule has 3 aromatic rings. The van der Waals surface area contributed by atoms with Crippen molar-refractivity contribution in [2.75, 3.05) is 13.2 Å². The Hall–Kier alpha value is -3.59. The molecule has 0 aliphatic rings. The molecule has 0 aliphatic heterocycles. The van der Waals surface area contributed by atoms with E-state index in [1.54, 1.807) is 12.1 Å². The fraction of sp³-hybridized carbons (Fsp3) is 0.250. The van der Waals surface area contributed by atoms with Crippen molar-refractivity contribution < 1.29 is 28.2 Å². The molecule has 0 radical (unpaired) electrons. The van der Waals surface area contributed by atoms with Crippen molar-refractivity contribution in [3.05, 3.63) is 81.6 Å². The Labute approximate surface area is 194 Å². The zero-order valence-corrected chi connectivity index (χ0v) is 18.8. The standard InChI is InChI=1S/C24H23FN2O5S/c1-16(28)26-12-2-3-17-4-6-18(7-5-17)22(29)13-32-24(30)21-15-33-23(27-21)14-31-20-10-8-19(25)9-11-20/h4-11,15H,2-3,12-14H2,1H3,(H,26,28). The van der Waals surface area contributed by atoms with Gasteiger partial charge in [0.05, 0.1) is 0 Å². The molecule has 0 spiro atoms. The molecule has 0 bridgehead atoms. The number of aryl methyl sites for hydroxylation is 1. The average molecular weight is 471 g/mol. The van der Waals surface area contributed by atoms with Crippen molar-refractivity contribution in [1.29, 1.82) is 0 Å². The maximum absolute atomic E-state index is 12.9. The van der Waals surface area contributed by atoms with Crippen LogP contribution in [0.3, 0.4) is 0 Å². The second kappa shape index (κ2) is 11.9. The molecule has 2 aromatic carbocycles. The lowest BCUT2D eigenvalue weighted by atomic mass is 10.1. The van der Waals surface area contributed by atoms with Crippen LogP contribution >= 0.6 is 11.3 Å². The van der Waals surface area contributed by atoms with Crippen LogP contribution in [0.2, 0.25) is 0 Å². The molecule has 0 fully saturated rings. The van der Waals surface area contributed by atoms with Crippen LogP contribution < -0.4 is 10.1 Å². The molecule has 1 aromatic heterocycles. The van der Waals surface area contributed by atoms with Gasteiger partial charge < -0.3 is 14.8 Å². The van der Waals surface area contributed by atoms with Gasteiger partial charge in [-0.25, -0.2) is 14.2 Å². The summed E-state index contributed by atoms with van der Waals surface area (Å²) in [5, 5.41) is 4.82. The number of esters is 1. The summed E-state index contributed by atoms with van der Waals surface area (Å²) in [7, 11) is 0. The first-order valence-corrected chi connectivity index (χ1v) is 11.1. The number of nitrogens with zero attached hydrogens (tertiary/aromatic N) is 1. The minimum Gasteiger partial charge on any atom is -0.486 e. The molecule has 0 saturated heterocycles. The van der Waals surface area contributed by atoms with Gasteiger partial charge in [-0.2, -0.15) is 0 Å². The molecule has 1 heterocycles. The summed E-state index contributed by atoms with van der Waals surface area (Å²) in [5.41, 5.74) is 1.59. The van der Waals surface area contributed by atoms with Crippen LogP contribution in [0.15, 0.2) is 53.9 Å². The summed E-state index contributed by atoms with van der Waals surface area (Å²) in [6.07, 6.45) is 1.58. The molecular formula is C24H23FN2O5S. The van der Waals surface area contributed by atoms with Crippen LogP contribution in [0.25, 0.3) is 0 Å². The number of nitrogens with one attached hydrogen (secondary N) is 1. The fourth-order valence-corrected chi connectivity index (χ4v) is 3.52. The minimum absolute atomic E-state index is 0.0577. The van der Waals surface area contributed by atoms with E-state index in [9.17, 15) is 18.8 Å². The molecular weight excluding hydrogens is 447 g/mol. The molecule has 0 unspecified atom stereocenters. The maximum Gasteiger partial charge on any atom is 0.358 e. The highest BCUT2D eigenvalue weighted by atomic mass is 32.1. The molecule has 0 saturated carbocycles. The smallest absolute Gasteiger partial charge is 0.358 e. The van der Waals surface area contributed by atoms with E-state index in [1.807, 2.05) is 12.1 Å². The number of amides is 1. The van der Waals surface area contributed by atoms with Gasteiger partial charge in [-0.15, -0.1) is 11.3 Å². The van der Waals surface area contributed by atoms with Crippen LogP contribution in [0.4, 0.5) is 4.39 Å². The van der Waals surface area contributed by atoms with E-state index in [2.05, 4.69) is 10.3 Å². The van der Waals surface area contributed by atoms with Gasteiger partial charge in [0, 0.05) is 24.4 Å². The van der Waals surface area contributed by atoms with Gasteiger partial charge in [-0.1, -0.05) is 24.3 Å². The number of hydrogen-bond acceptors (Lipinski definition) is 7. The number of aromatic nitrogens is 1. The van der Waals surface area contributed by atoms with Crippen LogP contribution in [0.1, 0.15) is 44.8 Å². The van der Waals surface area contributed by atoms with E-state index in [0.717, 1.165) is 18.4 Å². The highest BCUT2D eigenvalue weighted by Crippen LogP contribution is 2.16. The number of carbonyl (C=O) groups excluding carboxylic acids is 3. The van der Waals surface area contributed by atoms with E-state index >= 15 is 0 Å². The number of rotatable bonds is 11.